The maximum Gasteiger partial charge on any atom is 0.336 e. The fourth-order valence-electron chi connectivity index (χ4n) is 0.857. The summed E-state index contributed by atoms with van der Waals surface area (Å²) in [5.74, 6) is -0.885. The van der Waals surface area contributed by atoms with Crippen molar-refractivity contribution in [1.82, 2.24) is 0 Å². The average Bonchev–Trinajstić information content (AvgIpc) is 2.03. The van der Waals surface area contributed by atoms with Gasteiger partial charge in [0.05, 0.1) is 5.56 Å². The molecule has 0 aliphatic rings. The summed E-state index contributed by atoms with van der Waals surface area (Å²) in [5.41, 5.74) is 0.223. The Bertz CT molecular complexity index is 309. The fourth-order valence-corrected chi connectivity index (χ4v) is 1.47. The number of phenolic OH excluding ortho intramolecular Hbond substituents is 1. The lowest BCUT2D eigenvalue weighted by molar-refractivity contribution is 0.0693. The number of rotatable bonds is 2. The van der Waals surface area contributed by atoms with Crippen molar-refractivity contribution in [3.05, 3.63) is 23.8 Å². The summed E-state index contributed by atoms with van der Waals surface area (Å²) in [6.07, 6.45) is 1.77. The molecule has 0 saturated heterocycles. The van der Waals surface area contributed by atoms with Crippen molar-refractivity contribution in [2.45, 2.75) is 4.90 Å². The Morgan fingerprint density at radius 3 is 2.67 bits per heavy atom. The number of aromatic carboxylic acids is 1. The second-order valence-electron chi connectivity index (χ2n) is 2.19. The van der Waals surface area contributed by atoms with Crippen LogP contribution in [0.4, 0.5) is 0 Å². The Kier molecular flexibility index (Phi) is 2.60. The summed E-state index contributed by atoms with van der Waals surface area (Å²) in [7, 11) is 0. The Morgan fingerprint density at radius 1 is 1.50 bits per heavy atom. The largest absolute Gasteiger partial charge is 0.508 e. The van der Waals surface area contributed by atoms with Gasteiger partial charge in [-0.3, -0.25) is 0 Å². The Hall–Kier alpha value is -1.16. The van der Waals surface area contributed by atoms with Crippen molar-refractivity contribution in [2.75, 3.05) is 6.26 Å². The van der Waals surface area contributed by atoms with E-state index in [1.807, 2.05) is 0 Å². The minimum atomic E-state index is -0.973. The van der Waals surface area contributed by atoms with E-state index in [-0.39, 0.29) is 11.3 Å². The molecule has 1 aromatic rings. The van der Waals surface area contributed by atoms with Crippen LogP contribution in [0, 0.1) is 0 Å². The molecule has 4 heteroatoms. The smallest absolute Gasteiger partial charge is 0.336 e. The van der Waals surface area contributed by atoms with Crippen molar-refractivity contribution >= 4 is 17.7 Å². The van der Waals surface area contributed by atoms with Crippen LogP contribution in [0.3, 0.4) is 0 Å². The first-order valence-electron chi connectivity index (χ1n) is 3.25. The number of thioether (sulfide) groups is 1. The molecule has 0 saturated carbocycles. The van der Waals surface area contributed by atoms with Gasteiger partial charge in [-0.2, -0.15) is 0 Å². The minimum absolute atomic E-state index is 0.0874. The van der Waals surface area contributed by atoms with E-state index in [0.29, 0.717) is 4.90 Å². The highest BCUT2D eigenvalue weighted by Crippen LogP contribution is 2.24. The van der Waals surface area contributed by atoms with Crippen molar-refractivity contribution in [3.8, 4) is 5.75 Å². The SMILES string of the molecule is CSc1cc(O)ccc1C(=O)O. The van der Waals surface area contributed by atoms with Gasteiger partial charge >= 0.3 is 5.97 Å². The molecule has 0 heterocycles. The lowest BCUT2D eigenvalue weighted by Crippen LogP contribution is -1.97. The number of hydrogen-bond donors (Lipinski definition) is 2. The highest BCUT2D eigenvalue weighted by atomic mass is 32.2. The summed E-state index contributed by atoms with van der Waals surface area (Å²) >= 11 is 1.30. The molecular weight excluding hydrogens is 176 g/mol. The summed E-state index contributed by atoms with van der Waals surface area (Å²) in [6.45, 7) is 0. The number of benzene rings is 1. The van der Waals surface area contributed by atoms with E-state index in [4.69, 9.17) is 10.2 Å². The van der Waals surface area contributed by atoms with Crippen molar-refractivity contribution in [2.24, 2.45) is 0 Å². The van der Waals surface area contributed by atoms with Crippen LogP contribution in [0.5, 0.6) is 5.75 Å². The van der Waals surface area contributed by atoms with Crippen LogP contribution < -0.4 is 0 Å². The van der Waals surface area contributed by atoms with Crippen LogP contribution in [0.2, 0.25) is 0 Å². The number of carboxylic acids is 1. The second-order valence-corrected chi connectivity index (χ2v) is 3.04. The molecule has 2 N–H and O–H groups in total. The maximum atomic E-state index is 10.6. The zero-order valence-corrected chi connectivity index (χ0v) is 7.26. The molecule has 0 atom stereocenters. The predicted molar refractivity (Wildman–Crippen MR) is 46.8 cm³/mol. The molecule has 0 fully saturated rings. The third-order valence-electron chi connectivity index (χ3n) is 1.42. The molecule has 0 unspecified atom stereocenters. The standard InChI is InChI=1S/C8H8O3S/c1-12-7-4-5(9)2-3-6(7)8(10)11/h2-4,9H,1H3,(H,10,11). The normalized spacial score (nSPS) is 9.75. The van der Waals surface area contributed by atoms with Gasteiger partial charge in [-0.1, -0.05) is 0 Å². The monoisotopic (exact) mass is 184 g/mol. The summed E-state index contributed by atoms with van der Waals surface area (Å²) in [5, 5.41) is 17.7. The topological polar surface area (TPSA) is 57.5 Å². The van der Waals surface area contributed by atoms with Crippen LogP contribution in [0.25, 0.3) is 0 Å². The summed E-state index contributed by atoms with van der Waals surface area (Å²) in [4.78, 5) is 11.2. The van der Waals surface area contributed by atoms with Crippen molar-refractivity contribution in [3.63, 3.8) is 0 Å². The first-order chi connectivity index (χ1) is 5.65. The lowest BCUT2D eigenvalue weighted by Gasteiger charge is -2.02. The molecule has 3 nitrogen and oxygen atoms in total. The van der Waals surface area contributed by atoms with Crippen molar-refractivity contribution < 1.29 is 15.0 Å². The third-order valence-corrected chi connectivity index (χ3v) is 2.19. The molecule has 64 valence electrons. The molecule has 0 amide bonds. The highest BCUT2D eigenvalue weighted by Gasteiger charge is 2.08. The summed E-state index contributed by atoms with van der Waals surface area (Å²) in [6, 6.07) is 4.20. The Balaban J connectivity index is 3.20. The molecule has 0 aliphatic carbocycles. The van der Waals surface area contributed by atoms with Gasteiger partial charge < -0.3 is 10.2 Å². The summed E-state index contributed by atoms with van der Waals surface area (Å²) < 4.78 is 0. The Labute approximate surface area is 74.0 Å². The van der Waals surface area contributed by atoms with Gasteiger partial charge in [-0.15, -0.1) is 11.8 Å². The first kappa shape index (κ1) is 8.93. The van der Waals surface area contributed by atoms with Crippen LogP contribution in [0.1, 0.15) is 10.4 Å². The van der Waals surface area contributed by atoms with E-state index >= 15 is 0 Å². The number of carbonyl (C=O) groups is 1. The molecule has 1 aromatic carbocycles. The van der Waals surface area contributed by atoms with E-state index in [1.54, 1.807) is 6.26 Å². The highest BCUT2D eigenvalue weighted by molar-refractivity contribution is 7.98. The average molecular weight is 184 g/mol. The maximum absolute atomic E-state index is 10.6. The van der Waals surface area contributed by atoms with Gasteiger partial charge in [-0.05, 0) is 24.5 Å². The van der Waals surface area contributed by atoms with Gasteiger partial charge in [-0.25, -0.2) is 4.79 Å². The molecule has 0 radical (unpaired) electrons. The van der Waals surface area contributed by atoms with E-state index in [0.717, 1.165) is 0 Å². The molecule has 0 aromatic heterocycles. The molecule has 1 rings (SSSR count). The first-order valence-corrected chi connectivity index (χ1v) is 4.48. The van der Waals surface area contributed by atoms with Crippen LogP contribution in [-0.2, 0) is 0 Å². The Morgan fingerprint density at radius 2 is 2.17 bits per heavy atom. The van der Waals surface area contributed by atoms with Crippen LogP contribution in [-0.4, -0.2) is 22.4 Å². The van der Waals surface area contributed by atoms with Gasteiger partial charge in [0.1, 0.15) is 5.75 Å². The van der Waals surface area contributed by atoms with Gasteiger partial charge in [0, 0.05) is 4.90 Å². The lowest BCUT2D eigenvalue weighted by atomic mass is 10.2. The molecule has 0 bridgehead atoms. The molecule has 0 spiro atoms. The fraction of sp³-hybridized carbons (Fsp3) is 0.125. The third kappa shape index (κ3) is 1.71. The van der Waals surface area contributed by atoms with Crippen LogP contribution in [0.15, 0.2) is 23.1 Å². The number of carboxylic acid groups (broad SMARTS) is 1. The second kappa shape index (κ2) is 3.49. The van der Waals surface area contributed by atoms with E-state index in [2.05, 4.69) is 0 Å². The zero-order chi connectivity index (χ0) is 9.14. The van der Waals surface area contributed by atoms with Gasteiger partial charge in [0.25, 0.3) is 0 Å². The molecule has 12 heavy (non-hydrogen) atoms. The molecule has 0 aliphatic heterocycles. The van der Waals surface area contributed by atoms with E-state index in [9.17, 15) is 4.79 Å². The van der Waals surface area contributed by atoms with Gasteiger partial charge in [0.2, 0.25) is 0 Å². The van der Waals surface area contributed by atoms with E-state index < -0.39 is 5.97 Å². The van der Waals surface area contributed by atoms with Crippen molar-refractivity contribution in [1.29, 1.82) is 0 Å². The molecular formula is C8H8O3S. The quantitative estimate of drug-likeness (QED) is 0.688. The minimum Gasteiger partial charge on any atom is -0.508 e. The van der Waals surface area contributed by atoms with Crippen LogP contribution >= 0.6 is 11.8 Å². The zero-order valence-electron chi connectivity index (χ0n) is 6.44. The number of hydrogen-bond acceptors (Lipinski definition) is 3. The number of aromatic hydroxyl groups is 1. The predicted octanol–water partition coefficient (Wildman–Crippen LogP) is 1.81. The number of phenols is 1. The van der Waals surface area contributed by atoms with Gasteiger partial charge in [0.15, 0.2) is 0 Å². The van der Waals surface area contributed by atoms with E-state index in [1.165, 1.54) is 30.0 Å².